The summed E-state index contributed by atoms with van der Waals surface area (Å²) in [6.45, 7) is 7.19. The number of amides is 1. The molecule has 1 saturated carbocycles. The molecule has 3 rings (SSSR count). The van der Waals surface area contributed by atoms with Gasteiger partial charge in [0, 0.05) is 24.5 Å². The normalized spacial score (nSPS) is 18.6. The van der Waals surface area contributed by atoms with Crippen LogP contribution in [0.5, 0.6) is 5.19 Å². The van der Waals surface area contributed by atoms with E-state index >= 15 is 0 Å². The smallest absolute Gasteiger partial charge is 0.422 e. The van der Waals surface area contributed by atoms with Crippen LogP contribution in [0.25, 0.3) is 0 Å². The van der Waals surface area contributed by atoms with Crippen LogP contribution in [0.4, 0.5) is 13.2 Å². The van der Waals surface area contributed by atoms with Gasteiger partial charge in [0.25, 0.3) is 5.19 Å². The lowest BCUT2D eigenvalue weighted by atomic mass is 9.84. The van der Waals surface area contributed by atoms with Crippen LogP contribution in [0, 0.1) is 19.8 Å². The molecule has 1 N–H and O–H groups in total. The fourth-order valence-corrected chi connectivity index (χ4v) is 5.52. The standard InChI is InChI=1S/C24H37F3N6O2S/c1-5-33(13-11-20-16(2)28-23(36-20)35-15-24(25,26)27)12-10-18-6-8-19(9-7-18)30-22(34)14-21-29-17(3)31-32(21)4/h18-19H,5-15H2,1-4H3,(H,30,34). The fourth-order valence-electron chi connectivity index (χ4n) is 4.62. The molecular weight excluding hydrogens is 493 g/mol. The SMILES string of the molecule is CCN(CCc1sc(OCC(F)(F)F)nc1C)CCC1CCC(NC(=O)Cc2nc(C)nn2C)CC1. The molecule has 12 heteroatoms. The van der Waals surface area contributed by atoms with E-state index in [1.807, 2.05) is 13.8 Å². The van der Waals surface area contributed by atoms with Crippen molar-refractivity contribution >= 4 is 17.2 Å². The van der Waals surface area contributed by atoms with E-state index in [0.29, 0.717) is 17.6 Å². The van der Waals surface area contributed by atoms with E-state index in [1.165, 1.54) is 11.3 Å². The number of hydrogen-bond donors (Lipinski definition) is 1. The number of ether oxygens (including phenoxy) is 1. The van der Waals surface area contributed by atoms with Crippen molar-refractivity contribution in [3.05, 3.63) is 22.2 Å². The van der Waals surface area contributed by atoms with Crippen LogP contribution in [0.15, 0.2) is 0 Å². The summed E-state index contributed by atoms with van der Waals surface area (Å²) in [7, 11) is 1.80. The minimum atomic E-state index is -4.36. The number of halogens is 3. The molecule has 0 spiro atoms. The number of rotatable bonds is 12. The molecule has 0 saturated heterocycles. The Morgan fingerprint density at radius 3 is 2.53 bits per heavy atom. The third-order valence-corrected chi connectivity index (χ3v) is 7.81. The van der Waals surface area contributed by atoms with Gasteiger partial charge in [0.1, 0.15) is 11.6 Å². The Labute approximate surface area is 214 Å². The highest BCUT2D eigenvalue weighted by Gasteiger charge is 2.29. The first-order valence-electron chi connectivity index (χ1n) is 12.6. The Balaban J connectivity index is 1.35. The second-order valence-electron chi connectivity index (χ2n) is 9.53. The lowest BCUT2D eigenvalue weighted by Gasteiger charge is -2.30. The van der Waals surface area contributed by atoms with Crippen LogP contribution in [-0.4, -0.2) is 69.0 Å². The number of carbonyl (C=O) groups excluding carboxylic acids is 1. The second-order valence-corrected chi connectivity index (χ2v) is 10.6. The number of hydrogen-bond acceptors (Lipinski definition) is 7. The Hall–Kier alpha value is -2.21. The van der Waals surface area contributed by atoms with E-state index in [9.17, 15) is 18.0 Å². The molecule has 36 heavy (non-hydrogen) atoms. The summed E-state index contributed by atoms with van der Waals surface area (Å²) < 4.78 is 43.6. The van der Waals surface area contributed by atoms with Gasteiger partial charge in [-0.15, -0.1) is 0 Å². The Kier molecular flexibility index (Phi) is 10.1. The van der Waals surface area contributed by atoms with E-state index < -0.39 is 12.8 Å². The van der Waals surface area contributed by atoms with Crippen LogP contribution >= 0.6 is 11.3 Å². The van der Waals surface area contributed by atoms with E-state index in [2.05, 4.69) is 32.2 Å². The lowest BCUT2D eigenvalue weighted by Crippen LogP contribution is -2.39. The molecule has 1 fully saturated rings. The van der Waals surface area contributed by atoms with Gasteiger partial charge in [-0.3, -0.25) is 9.48 Å². The molecule has 2 aromatic heterocycles. The zero-order chi connectivity index (χ0) is 26.3. The molecule has 0 unspecified atom stereocenters. The molecule has 0 bridgehead atoms. The van der Waals surface area contributed by atoms with Gasteiger partial charge in [0.15, 0.2) is 6.61 Å². The van der Waals surface area contributed by atoms with Crippen molar-refractivity contribution in [2.75, 3.05) is 26.2 Å². The van der Waals surface area contributed by atoms with Crippen molar-refractivity contribution in [1.82, 2.24) is 30.0 Å². The molecule has 1 amide bonds. The number of nitrogens with zero attached hydrogens (tertiary/aromatic N) is 5. The first kappa shape index (κ1) is 28.4. The molecule has 0 atom stereocenters. The van der Waals surface area contributed by atoms with E-state index in [1.54, 1.807) is 11.7 Å². The van der Waals surface area contributed by atoms with Crippen molar-refractivity contribution in [2.24, 2.45) is 13.0 Å². The summed E-state index contributed by atoms with van der Waals surface area (Å²) in [5.41, 5.74) is 0.739. The summed E-state index contributed by atoms with van der Waals surface area (Å²) >= 11 is 1.20. The van der Waals surface area contributed by atoms with Crippen molar-refractivity contribution in [3.8, 4) is 5.19 Å². The van der Waals surface area contributed by atoms with Crippen LogP contribution in [0.3, 0.4) is 0 Å². The fraction of sp³-hybridized carbons (Fsp3) is 0.750. The highest BCUT2D eigenvalue weighted by atomic mass is 32.1. The monoisotopic (exact) mass is 530 g/mol. The average Bonchev–Trinajstić information content (AvgIpc) is 3.32. The zero-order valence-corrected chi connectivity index (χ0v) is 22.3. The van der Waals surface area contributed by atoms with Crippen LogP contribution in [-0.2, 0) is 24.7 Å². The minimum absolute atomic E-state index is 0.00330. The quantitative estimate of drug-likeness (QED) is 0.447. The molecule has 1 aliphatic rings. The van der Waals surface area contributed by atoms with Crippen molar-refractivity contribution in [2.45, 2.75) is 77.9 Å². The maximum Gasteiger partial charge on any atom is 0.422 e. The van der Waals surface area contributed by atoms with Gasteiger partial charge in [-0.25, -0.2) is 9.97 Å². The Morgan fingerprint density at radius 2 is 1.92 bits per heavy atom. The highest BCUT2D eigenvalue weighted by Crippen LogP contribution is 2.29. The predicted molar refractivity (Wildman–Crippen MR) is 132 cm³/mol. The van der Waals surface area contributed by atoms with Crippen molar-refractivity contribution in [3.63, 3.8) is 0 Å². The number of aromatic nitrogens is 4. The number of thiazole rings is 1. The zero-order valence-electron chi connectivity index (χ0n) is 21.5. The molecular formula is C24H37F3N6O2S. The summed E-state index contributed by atoms with van der Waals surface area (Å²) in [6, 6.07) is 0.216. The maximum atomic E-state index is 12.4. The number of carbonyl (C=O) groups is 1. The summed E-state index contributed by atoms with van der Waals surface area (Å²) in [5.74, 6) is 1.98. The van der Waals surface area contributed by atoms with E-state index in [0.717, 1.165) is 68.7 Å². The van der Waals surface area contributed by atoms with Gasteiger partial charge in [-0.2, -0.15) is 18.3 Å². The predicted octanol–water partition coefficient (Wildman–Crippen LogP) is 4.00. The summed E-state index contributed by atoms with van der Waals surface area (Å²) in [4.78, 5) is 24.2. The van der Waals surface area contributed by atoms with Gasteiger partial charge in [0.05, 0.1) is 12.1 Å². The lowest BCUT2D eigenvalue weighted by molar-refractivity contribution is -0.153. The van der Waals surface area contributed by atoms with Gasteiger partial charge < -0.3 is 15.0 Å². The second kappa shape index (κ2) is 12.8. The van der Waals surface area contributed by atoms with E-state index in [4.69, 9.17) is 4.74 Å². The van der Waals surface area contributed by atoms with Crippen LogP contribution in [0.2, 0.25) is 0 Å². The number of alkyl halides is 3. The molecule has 1 aliphatic carbocycles. The third kappa shape index (κ3) is 9.02. The Morgan fingerprint density at radius 1 is 1.19 bits per heavy atom. The van der Waals surface area contributed by atoms with Gasteiger partial charge >= 0.3 is 6.18 Å². The molecule has 2 heterocycles. The van der Waals surface area contributed by atoms with Gasteiger partial charge in [-0.1, -0.05) is 18.3 Å². The van der Waals surface area contributed by atoms with Gasteiger partial charge in [-0.05, 0) is 71.4 Å². The molecule has 0 radical (unpaired) electrons. The number of likely N-dealkylation sites (N-methyl/N-ethyl adjacent to an activating group) is 1. The largest absolute Gasteiger partial charge is 0.460 e. The first-order valence-corrected chi connectivity index (χ1v) is 13.4. The number of aryl methyl sites for hydroxylation is 3. The molecule has 0 aliphatic heterocycles. The minimum Gasteiger partial charge on any atom is -0.460 e. The number of nitrogens with one attached hydrogen (secondary N) is 1. The van der Waals surface area contributed by atoms with Gasteiger partial charge in [0.2, 0.25) is 5.91 Å². The molecule has 8 nitrogen and oxygen atoms in total. The third-order valence-electron chi connectivity index (χ3n) is 6.68. The molecule has 202 valence electrons. The highest BCUT2D eigenvalue weighted by molar-refractivity contribution is 7.13. The Bertz CT molecular complexity index is 985. The van der Waals surface area contributed by atoms with Crippen molar-refractivity contribution in [1.29, 1.82) is 0 Å². The van der Waals surface area contributed by atoms with Crippen molar-refractivity contribution < 1.29 is 22.7 Å². The first-order chi connectivity index (χ1) is 17.0. The van der Waals surface area contributed by atoms with E-state index in [-0.39, 0.29) is 23.6 Å². The van der Waals surface area contributed by atoms with Crippen LogP contribution in [0.1, 0.15) is 61.2 Å². The molecule has 0 aromatic carbocycles. The topological polar surface area (TPSA) is 85.2 Å². The average molecular weight is 531 g/mol. The summed E-state index contributed by atoms with van der Waals surface area (Å²) in [5, 5.41) is 7.43. The maximum absolute atomic E-state index is 12.4. The molecule has 2 aromatic rings. The van der Waals surface area contributed by atoms with Crippen LogP contribution < -0.4 is 10.1 Å². The summed E-state index contributed by atoms with van der Waals surface area (Å²) in [6.07, 6.45) is 1.91.